The van der Waals surface area contributed by atoms with Gasteiger partial charge in [-0.3, -0.25) is 9.48 Å². The Kier molecular flexibility index (Phi) is 5.28. The Balaban J connectivity index is 2.01. The largest absolute Gasteiger partial charge is 0.435 e. The van der Waals surface area contributed by atoms with E-state index in [1.54, 1.807) is 30.0 Å². The minimum absolute atomic E-state index is 0.0167. The summed E-state index contributed by atoms with van der Waals surface area (Å²) < 4.78 is 41.4. The Bertz CT molecular complexity index is 845. The van der Waals surface area contributed by atoms with Crippen LogP contribution in [0.3, 0.4) is 0 Å². The van der Waals surface area contributed by atoms with Gasteiger partial charge in [0.2, 0.25) is 0 Å². The van der Waals surface area contributed by atoms with Crippen LogP contribution < -0.4 is 0 Å². The second-order valence-corrected chi connectivity index (χ2v) is 6.84. The molecule has 1 aromatic carbocycles. The molecule has 1 N–H and O–H groups in total. The van der Waals surface area contributed by atoms with Crippen molar-refractivity contribution < 1.29 is 23.1 Å². The molecule has 146 valence electrons. The third kappa shape index (κ3) is 3.71. The van der Waals surface area contributed by atoms with Crippen molar-refractivity contribution in [2.24, 2.45) is 7.05 Å². The molecular formula is C19H22F3N3O2. The lowest BCUT2D eigenvalue weighted by Crippen LogP contribution is -2.45. The first-order chi connectivity index (χ1) is 12.7. The van der Waals surface area contributed by atoms with Gasteiger partial charge in [0, 0.05) is 30.4 Å². The first kappa shape index (κ1) is 19.4. The number of amides is 1. The molecule has 1 aromatic heterocycles. The topological polar surface area (TPSA) is 58.4 Å². The van der Waals surface area contributed by atoms with E-state index >= 15 is 0 Å². The zero-order valence-corrected chi connectivity index (χ0v) is 15.3. The highest BCUT2D eigenvalue weighted by Crippen LogP contribution is 2.38. The normalized spacial score (nSPS) is 18.0. The Labute approximate surface area is 155 Å². The third-order valence-corrected chi connectivity index (χ3v) is 5.10. The summed E-state index contributed by atoms with van der Waals surface area (Å²) in [6, 6.07) is 5.95. The highest BCUT2D eigenvalue weighted by atomic mass is 19.4. The summed E-state index contributed by atoms with van der Waals surface area (Å²) >= 11 is 0. The van der Waals surface area contributed by atoms with E-state index in [2.05, 4.69) is 5.10 Å². The zero-order valence-electron chi connectivity index (χ0n) is 15.3. The predicted octanol–water partition coefficient (Wildman–Crippen LogP) is 3.40. The van der Waals surface area contributed by atoms with Crippen molar-refractivity contribution >= 4 is 5.91 Å². The number of piperidine rings is 1. The molecule has 0 saturated carbocycles. The molecular weight excluding hydrogens is 359 g/mol. The highest BCUT2D eigenvalue weighted by molar-refractivity contribution is 5.96. The number of rotatable bonds is 3. The highest BCUT2D eigenvalue weighted by Gasteiger charge is 2.38. The number of carbonyl (C=O) groups is 1. The van der Waals surface area contributed by atoms with Crippen LogP contribution in [0.15, 0.2) is 24.3 Å². The zero-order chi connectivity index (χ0) is 19.8. The lowest BCUT2D eigenvalue weighted by atomic mass is 9.98. The Morgan fingerprint density at radius 3 is 2.74 bits per heavy atom. The van der Waals surface area contributed by atoms with E-state index in [0.29, 0.717) is 23.4 Å². The van der Waals surface area contributed by atoms with E-state index in [9.17, 15) is 23.1 Å². The van der Waals surface area contributed by atoms with Crippen LogP contribution in [0, 0.1) is 6.92 Å². The Morgan fingerprint density at radius 1 is 1.33 bits per heavy atom. The number of halogens is 3. The van der Waals surface area contributed by atoms with Crippen LogP contribution in [0.4, 0.5) is 13.2 Å². The third-order valence-electron chi connectivity index (χ3n) is 5.10. The molecule has 0 bridgehead atoms. The van der Waals surface area contributed by atoms with E-state index in [0.717, 1.165) is 19.3 Å². The number of aliphatic hydroxyl groups excluding tert-OH is 1. The Hall–Kier alpha value is -2.35. The minimum Gasteiger partial charge on any atom is -0.394 e. The van der Waals surface area contributed by atoms with Gasteiger partial charge in [0.15, 0.2) is 5.69 Å². The average Bonchev–Trinajstić information content (AvgIpc) is 2.96. The molecule has 1 atom stereocenters. The van der Waals surface area contributed by atoms with Crippen LogP contribution in [0.5, 0.6) is 0 Å². The number of nitrogens with zero attached hydrogens (tertiary/aromatic N) is 3. The number of benzene rings is 1. The number of hydrogen-bond acceptors (Lipinski definition) is 3. The molecule has 27 heavy (non-hydrogen) atoms. The van der Waals surface area contributed by atoms with Crippen molar-refractivity contribution in [3.05, 3.63) is 41.2 Å². The van der Waals surface area contributed by atoms with E-state index in [4.69, 9.17) is 0 Å². The lowest BCUT2D eigenvalue weighted by Gasteiger charge is -2.34. The van der Waals surface area contributed by atoms with Gasteiger partial charge in [-0.05, 0) is 43.9 Å². The van der Waals surface area contributed by atoms with Gasteiger partial charge in [-0.1, -0.05) is 12.1 Å². The maximum atomic E-state index is 13.4. The van der Waals surface area contributed by atoms with Gasteiger partial charge in [0.1, 0.15) is 0 Å². The fourth-order valence-electron chi connectivity index (χ4n) is 3.58. The van der Waals surface area contributed by atoms with Crippen molar-refractivity contribution in [2.45, 2.75) is 38.4 Å². The van der Waals surface area contributed by atoms with Gasteiger partial charge in [0.05, 0.1) is 12.6 Å². The molecule has 0 radical (unpaired) electrons. The summed E-state index contributed by atoms with van der Waals surface area (Å²) in [6.07, 6.45) is -2.07. The fourth-order valence-corrected chi connectivity index (χ4v) is 3.58. The van der Waals surface area contributed by atoms with Crippen LogP contribution >= 0.6 is 0 Å². The molecule has 0 aliphatic carbocycles. The van der Waals surface area contributed by atoms with Crippen LogP contribution in [-0.4, -0.2) is 44.9 Å². The standard InChI is InChI=1S/C19H22F3N3O2/c1-12-16(17(19(20,21)22)23-24(12)2)13-6-5-7-14(10-13)18(27)25-9-4-3-8-15(25)11-26/h5-7,10,15,26H,3-4,8-9,11H2,1-2H3/t15-/m0/s1. The number of hydrogen-bond donors (Lipinski definition) is 1. The molecule has 8 heteroatoms. The Morgan fingerprint density at radius 2 is 2.07 bits per heavy atom. The number of carbonyl (C=O) groups excluding carboxylic acids is 1. The van der Waals surface area contributed by atoms with Gasteiger partial charge >= 0.3 is 6.18 Å². The number of aryl methyl sites for hydroxylation is 1. The summed E-state index contributed by atoms with van der Waals surface area (Å²) in [4.78, 5) is 14.5. The van der Waals surface area contributed by atoms with Gasteiger partial charge < -0.3 is 10.0 Å². The quantitative estimate of drug-likeness (QED) is 0.887. The van der Waals surface area contributed by atoms with E-state index < -0.39 is 11.9 Å². The number of likely N-dealkylation sites (tertiary alicyclic amines) is 1. The van der Waals surface area contributed by atoms with Crippen LogP contribution in [-0.2, 0) is 13.2 Å². The first-order valence-electron chi connectivity index (χ1n) is 8.87. The van der Waals surface area contributed by atoms with Crippen molar-refractivity contribution in [3.8, 4) is 11.1 Å². The molecule has 1 aliphatic rings. The maximum Gasteiger partial charge on any atom is 0.435 e. The molecule has 0 unspecified atom stereocenters. The van der Waals surface area contributed by atoms with Crippen LogP contribution in [0.2, 0.25) is 0 Å². The summed E-state index contributed by atoms with van der Waals surface area (Å²) in [6.45, 7) is 1.98. The number of alkyl halides is 3. The second kappa shape index (κ2) is 7.34. The van der Waals surface area contributed by atoms with Crippen molar-refractivity contribution in [3.63, 3.8) is 0 Å². The van der Waals surface area contributed by atoms with E-state index in [1.165, 1.54) is 17.8 Å². The van der Waals surface area contributed by atoms with Gasteiger partial charge in [0.25, 0.3) is 5.91 Å². The van der Waals surface area contributed by atoms with Gasteiger partial charge in [-0.25, -0.2) is 0 Å². The molecule has 1 saturated heterocycles. The summed E-state index contributed by atoms with van der Waals surface area (Å²) in [7, 11) is 1.46. The molecule has 3 rings (SSSR count). The van der Waals surface area contributed by atoms with E-state index in [1.807, 2.05) is 0 Å². The fraction of sp³-hybridized carbons (Fsp3) is 0.474. The molecule has 0 spiro atoms. The smallest absolute Gasteiger partial charge is 0.394 e. The molecule has 2 aromatic rings. The van der Waals surface area contributed by atoms with Gasteiger partial charge in [-0.2, -0.15) is 18.3 Å². The summed E-state index contributed by atoms with van der Waals surface area (Å²) in [5.41, 5.74) is 0.00833. The molecule has 1 fully saturated rings. The van der Waals surface area contributed by atoms with Crippen LogP contribution in [0.1, 0.15) is 41.0 Å². The molecule has 1 amide bonds. The van der Waals surface area contributed by atoms with E-state index in [-0.39, 0.29) is 24.1 Å². The minimum atomic E-state index is -4.59. The monoisotopic (exact) mass is 381 g/mol. The maximum absolute atomic E-state index is 13.4. The lowest BCUT2D eigenvalue weighted by molar-refractivity contribution is -0.140. The summed E-state index contributed by atoms with van der Waals surface area (Å²) in [5.74, 6) is -0.272. The van der Waals surface area contributed by atoms with Crippen molar-refractivity contribution in [1.29, 1.82) is 0 Å². The SMILES string of the molecule is Cc1c(-c2cccc(C(=O)N3CCCC[C@H]3CO)c2)c(C(F)(F)F)nn1C. The van der Waals surface area contributed by atoms with Crippen LogP contribution in [0.25, 0.3) is 11.1 Å². The van der Waals surface area contributed by atoms with Crippen molar-refractivity contribution in [2.75, 3.05) is 13.2 Å². The predicted molar refractivity (Wildman–Crippen MR) is 94.1 cm³/mol. The number of aliphatic hydroxyl groups is 1. The molecule has 2 heterocycles. The first-order valence-corrected chi connectivity index (χ1v) is 8.87. The van der Waals surface area contributed by atoms with Gasteiger partial charge in [-0.15, -0.1) is 0 Å². The average molecular weight is 381 g/mol. The van der Waals surface area contributed by atoms with Crippen molar-refractivity contribution in [1.82, 2.24) is 14.7 Å². The number of aromatic nitrogens is 2. The second-order valence-electron chi connectivity index (χ2n) is 6.84. The summed E-state index contributed by atoms with van der Waals surface area (Å²) in [5, 5.41) is 13.1. The molecule has 5 nitrogen and oxygen atoms in total. The molecule has 1 aliphatic heterocycles.